The summed E-state index contributed by atoms with van der Waals surface area (Å²) in [5, 5.41) is 0. The maximum Gasteiger partial charge on any atom is 0.347 e. The second kappa shape index (κ2) is 4.56. The number of para-hydroxylation sites is 1. The van der Waals surface area contributed by atoms with E-state index in [0.717, 1.165) is 17.7 Å². The van der Waals surface area contributed by atoms with Crippen LogP contribution in [0.25, 0.3) is 0 Å². The number of hydrogen-bond acceptors (Lipinski definition) is 3. The van der Waals surface area contributed by atoms with Crippen LogP contribution in [0.15, 0.2) is 24.3 Å². The summed E-state index contributed by atoms with van der Waals surface area (Å²) in [5.41, 5.74) is 1.16. The zero-order valence-corrected chi connectivity index (χ0v) is 9.60. The van der Waals surface area contributed by atoms with Crippen molar-refractivity contribution in [1.29, 1.82) is 0 Å². The van der Waals surface area contributed by atoms with Gasteiger partial charge in [0, 0.05) is 0 Å². The maximum absolute atomic E-state index is 11.7. The third kappa shape index (κ3) is 2.35. The molecule has 0 N–H and O–H groups in total. The van der Waals surface area contributed by atoms with Crippen LogP contribution in [0.3, 0.4) is 0 Å². The Morgan fingerprint density at radius 3 is 2.94 bits per heavy atom. The highest BCUT2D eigenvalue weighted by Crippen LogP contribution is 2.27. The number of aryl methyl sites for hydroxylation is 1. The average Bonchev–Trinajstić information content (AvgIpc) is 2.27. The topological polar surface area (TPSA) is 35.5 Å². The molecule has 0 saturated carbocycles. The molecular formula is C13H16O3. The first kappa shape index (κ1) is 11.0. The molecule has 1 aliphatic rings. The van der Waals surface area contributed by atoms with Crippen molar-refractivity contribution in [3.05, 3.63) is 29.8 Å². The van der Waals surface area contributed by atoms with Gasteiger partial charge in [-0.1, -0.05) is 18.2 Å². The summed E-state index contributed by atoms with van der Waals surface area (Å²) in [5.74, 6) is 0.545. The number of carbonyl (C=O) groups excluding carboxylic acids is 1. The molecule has 1 atom stereocenters. The molecular weight excluding hydrogens is 204 g/mol. The molecule has 3 nitrogen and oxygen atoms in total. The predicted octanol–water partition coefficient (Wildman–Crippen LogP) is 2.33. The molecule has 0 aromatic heterocycles. The molecule has 0 saturated heterocycles. The molecule has 1 aliphatic heterocycles. The molecule has 3 heteroatoms. The van der Waals surface area contributed by atoms with Crippen LogP contribution in [-0.2, 0) is 16.0 Å². The number of hydrogen-bond donors (Lipinski definition) is 0. The highest BCUT2D eigenvalue weighted by molar-refractivity contribution is 5.75. The minimum absolute atomic E-state index is 0.0896. The second-order valence-corrected chi connectivity index (χ2v) is 4.24. The van der Waals surface area contributed by atoms with Crippen molar-refractivity contribution >= 4 is 5.97 Å². The van der Waals surface area contributed by atoms with Gasteiger partial charge < -0.3 is 9.47 Å². The summed E-state index contributed by atoms with van der Waals surface area (Å²) in [4.78, 5) is 11.7. The van der Waals surface area contributed by atoms with Crippen molar-refractivity contribution in [1.82, 2.24) is 0 Å². The van der Waals surface area contributed by atoms with Crippen LogP contribution < -0.4 is 4.74 Å². The van der Waals surface area contributed by atoms with Crippen LogP contribution in [0.1, 0.15) is 25.8 Å². The molecule has 16 heavy (non-hydrogen) atoms. The van der Waals surface area contributed by atoms with Gasteiger partial charge in [-0.15, -0.1) is 0 Å². The Kier molecular flexibility index (Phi) is 3.13. The molecule has 0 unspecified atom stereocenters. The van der Waals surface area contributed by atoms with Gasteiger partial charge in [0.05, 0.1) is 6.10 Å². The number of benzene rings is 1. The van der Waals surface area contributed by atoms with Crippen molar-refractivity contribution in [2.45, 2.75) is 38.9 Å². The van der Waals surface area contributed by atoms with E-state index in [1.165, 1.54) is 0 Å². The Hall–Kier alpha value is -1.51. The van der Waals surface area contributed by atoms with Crippen LogP contribution in [0.5, 0.6) is 5.75 Å². The smallest absolute Gasteiger partial charge is 0.347 e. The van der Waals surface area contributed by atoms with E-state index in [1.54, 1.807) is 0 Å². The van der Waals surface area contributed by atoms with Crippen molar-refractivity contribution < 1.29 is 14.3 Å². The molecule has 86 valence electrons. The second-order valence-electron chi connectivity index (χ2n) is 4.24. The fourth-order valence-corrected chi connectivity index (χ4v) is 1.80. The first-order chi connectivity index (χ1) is 7.66. The number of fused-ring (bicyclic) bond motifs is 1. The quantitative estimate of drug-likeness (QED) is 0.717. The summed E-state index contributed by atoms with van der Waals surface area (Å²) in [7, 11) is 0. The molecule has 1 heterocycles. The lowest BCUT2D eigenvalue weighted by atomic mass is 10.0. The minimum Gasteiger partial charge on any atom is -0.478 e. The van der Waals surface area contributed by atoms with E-state index in [2.05, 4.69) is 0 Å². The first-order valence-corrected chi connectivity index (χ1v) is 5.62. The lowest BCUT2D eigenvalue weighted by molar-refractivity contribution is -0.156. The van der Waals surface area contributed by atoms with Gasteiger partial charge in [0.1, 0.15) is 5.75 Å². The van der Waals surface area contributed by atoms with E-state index in [4.69, 9.17) is 9.47 Å². The van der Waals surface area contributed by atoms with Gasteiger partial charge in [0.15, 0.2) is 6.10 Å². The third-order valence-electron chi connectivity index (χ3n) is 2.53. The zero-order valence-electron chi connectivity index (χ0n) is 9.60. The monoisotopic (exact) mass is 220 g/mol. The number of carbonyl (C=O) groups is 1. The fourth-order valence-electron chi connectivity index (χ4n) is 1.80. The van der Waals surface area contributed by atoms with E-state index in [0.29, 0.717) is 6.42 Å². The lowest BCUT2D eigenvalue weighted by Gasteiger charge is -2.25. The summed E-state index contributed by atoms with van der Waals surface area (Å²) >= 11 is 0. The molecule has 0 fully saturated rings. The SMILES string of the molecule is CC(C)OC(=O)[C@@H]1CCc2ccccc2O1. The Bertz CT molecular complexity index is 385. The molecule has 0 bridgehead atoms. The maximum atomic E-state index is 11.7. The van der Waals surface area contributed by atoms with Gasteiger partial charge in [-0.2, -0.15) is 0 Å². The van der Waals surface area contributed by atoms with Gasteiger partial charge in [0.2, 0.25) is 0 Å². The van der Waals surface area contributed by atoms with Gasteiger partial charge in [0.25, 0.3) is 0 Å². The standard InChI is InChI=1S/C13H16O3/c1-9(2)15-13(14)12-8-7-10-5-3-4-6-11(10)16-12/h3-6,9,12H,7-8H2,1-2H3/t12-/m0/s1. The lowest BCUT2D eigenvalue weighted by Crippen LogP contribution is -2.34. The van der Waals surface area contributed by atoms with Crippen LogP contribution in [0, 0.1) is 0 Å². The van der Waals surface area contributed by atoms with E-state index in [1.807, 2.05) is 38.1 Å². The van der Waals surface area contributed by atoms with Crippen LogP contribution in [0.2, 0.25) is 0 Å². The van der Waals surface area contributed by atoms with E-state index in [-0.39, 0.29) is 12.1 Å². The van der Waals surface area contributed by atoms with Crippen LogP contribution in [0.4, 0.5) is 0 Å². The van der Waals surface area contributed by atoms with Crippen LogP contribution >= 0.6 is 0 Å². The largest absolute Gasteiger partial charge is 0.478 e. The van der Waals surface area contributed by atoms with Crippen molar-refractivity contribution in [3.8, 4) is 5.75 Å². The van der Waals surface area contributed by atoms with Gasteiger partial charge in [-0.25, -0.2) is 4.79 Å². The number of rotatable bonds is 2. The molecule has 0 radical (unpaired) electrons. The summed E-state index contributed by atoms with van der Waals surface area (Å²) in [6.07, 6.45) is 1.03. The highest BCUT2D eigenvalue weighted by Gasteiger charge is 2.27. The molecule has 0 spiro atoms. The third-order valence-corrected chi connectivity index (χ3v) is 2.53. The Morgan fingerprint density at radius 2 is 2.19 bits per heavy atom. The Balaban J connectivity index is 2.05. The normalized spacial score (nSPS) is 18.8. The molecule has 0 aliphatic carbocycles. The summed E-state index contributed by atoms with van der Waals surface area (Å²) in [6.45, 7) is 3.68. The van der Waals surface area contributed by atoms with Crippen molar-refractivity contribution in [2.75, 3.05) is 0 Å². The Labute approximate surface area is 95.4 Å². The minimum atomic E-state index is -0.447. The van der Waals surface area contributed by atoms with E-state index >= 15 is 0 Å². The fraction of sp³-hybridized carbons (Fsp3) is 0.462. The number of ether oxygens (including phenoxy) is 2. The van der Waals surface area contributed by atoms with E-state index in [9.17, 15) is 4.79 Å². The Morgan fingerprint density at radius 1 is 1.44 bits per heavy atom. The molecule has 1 aromatic rings. The van der Waals surface area contributed by atoms with Crippen LogP contribution in [-0.4, -0.2) is 18.2 Å². The molecule has 1 aromatic carbocycles. The summed E-state index contributed by atoms with van der Waals surface area (Å²) in [6, 6.07) is 7.81. The van der Waals surface area contributed by atoms with Gasteiger partial charge >= 0.3 is 5.97 Å². The zero-order chi connectivity index (χ0) is 11.5. The predicted molar refractivity (Wildman–Crippen MR) is 60.4 cm³/mol. The van der Waals surface area contributed by atoms with Crippen molar-refractivity contribution in [2.24, 2.45) is 0 Å². The summed E-state index contributed by atoms with van der Waals surface area (Å²) < 4.78 is 10.8. The first-order valence-electron chi connectivity index (χ1n) is 5.62. The van der Waals surface area contributed by atoms with Gasteiger partial charge in [-0.3, -0.25) is 0 Å². The number of esters is 1. The van der Waals surface area contributed by atoms with Gasteiger partial charge in [-0.05, 0) is 38.3 Å². The van der Waals surface area contributed by atoms with E-state index < -0.39 is 6.10 Å². The molecule has 0 amide bonds. The average molecular weight is 220 g/mol. The van der Waals surface area contributed by atoms with Crippen molar-refractivity contribution in [3.63, 3.8) is 0 Å². The highest BCUT2D eigenvalue weighted by atomic mass is 16.6. The molecule has 2 rings (SSSR count).